The number of methoxy groups -OCH3 is 1. The number of nitrogens with one attached hydrogen (secondary N) is 1. The first-order chi connectivity index (χ1) is 14.2. The molecule has 5 aromatic rings. The molecule has 0 aliphatic rings. The SMILES string of the molecule is COCc1nnc(NC(=O)Cn2c3ccccc3c3nc4ccccc4nc32)s1. The molecule has 9 heteroatoms. The molecule has 1 N–H and O–H groups in total. The minimum atomic E-state index is -0.206. The van der Waals surface area contributed by atoms with Crippen LogP contribution in [0.1, 0.15) is 5.01 Å². The Morgan fingerprint density at radius 3 is 2.66 bits per heavy atom. The van der Waals surface area contributed by atoms with Gasteiger partial charge in [0, 0.05) is 12.5 Å². The maximum atomic E-state index is 12.7. The fourth-order valence-corrected chi connectivity index (χ4v) is 4.06. The number of para-hydroxylation sites is 3. The third-order valence-corrected chi connectivity index (χ3v) is 5.35. The van der Waals surface area contributed by atoms with Crippen LogP contribution in [0.2, 0.25) is 0 Å². The van der Waals surface area contributed by atoms with E-state index in [2.05, 4.69) is 15.5 Å². The summed E-state index contributed by atoms with van der Waals surface area (Å²) < 4.78 is 6.92. The van der Waals surface area contributed by atoms with Crippen molar-refractivity contribution in [3.63, 3.8) is 0 Å². The molecule has 0 fully saturated rings. The zero-order valence-electron chi connectivity index (χ0n) is 15.5. The zero-order chi connectivity index (χ0) is 19.8. The second-order valence-corrected chi connectivity index (χ2v) is 7.53. The van der Waals surface area contributed by atoms with Crippen LogP contribution in [0.15, 0.2) is 48.5 Å². The van der Waals surface area contributed by atoms with E-state index in [0.717, 1.165) is 27.5 Å². The number of aromatic nitrogens is 5. The second kappa shape index (κ2) is 7.19. The molecule has 29 heavy (non-hydrogen) atoms. The number of rotatable bonds is 5. The second-order valence-electron chi connectivity index (χ2n) is 6.47. The van der Waals surface area contributed by atoms with E-state index in [1.165, 1.54) is 11.3 Å². The largest absolute Gasteiger partial charge is 0.377 e. The highest BCUT2D eigenvalue weighted by atomic mass is 32.1. The van der Waals surface area contributed by atoms with E-state index in [-0.39, 0.29) is 12.5 Å². The summed E-state index contributed by atoms with van der Waals surface area (Å²) in [6.07, 6.45) is 0. The summed E-state index contributed by atoms with van der Waals surface area (Å²) in [6, 6.07) is 15.6. The van der Waals surface area contributed by atoms with Crippen molar-refractivity contribution in [3.05, 3.63) is 53.5 Å². The summed E-state index contributed by atoms with van der Waals surface area (Å²) in [5, 5.41) is 12.9. The first-order valence-corrected chi connectivity index (χ1v) is 9.79. The standard InChI is InChI=1S/C20H16N6O2S/c1-28-11-17-24-25-20(29-17)23-16(27)10-26-15-9-5-2-6-12(15)18-19(26)22-14-8-4-3-7-13(14)21-18/h2-9H,10-11H2,1H3,(H,23,25,27). The summed E-state index contributed by atoms with van der Waals surface area (Å²) in [4.78, 5) is 22.3. The van der Waals surface area contributed by atoms with Crippen LogP contribution in [0.5, 0.6) is 0 Å². The number of benzene rings is 2. The van der Waals surface area contributed by atoms with E-state index < -0.39 is 0 Å². The van der Waals surface area contributed by atoms with Crippen molar-refractivity contribution in [3.8, 4) is 0 Å². The molecule has 0 spiro atoms. The predicted molar refractivity (Wildman–Crippen MR) is 112 cm³/mol. The van der Waals surface area contributed by atoms with Crippen LogP contribution < -0.4 is 5.32 Å². The average molecular weight is 404 g/mol. The van der Waals surface area contributed by atoms with E-state index in [1.807, 2.05) is 53.1 Å². The summed E-state index contributed by atoms with van der Waals surface area (Å²) in [5.74, 6) is -0.206. The van der Waals surface area contributed by atoms with Crippen LogP contribution in [0.25, 0.3) is 33.1 Å². The number of amides is 1. The molecule has 5 rings (SSSR count). The van der Waals surface area contributed by atoms with E-state index >= 15 is 0 Å². The van der Waals surface area contributed by atoms with Crippen molar-refractivity contribution in [1.82, 2.24) is 24.7 Å². The number of fused-ring (bicyclic) bond motifs is 4. The Balaban J connectivity index is 1.55. The minimum Gasteiger partial charge on any atom is -0.377 e. The van der Waals surface area contributed by atoms with Gasteiger partial charge in [-0.15, -0.1) is 10.2 Å². The van der Waals surface area contributed by atoms with Gasteiger partial charge in [0.2, 0.25) is 11.0 Å². The van der Waals surface area contributed by atoms with Gasteiger partial charge in [-0.25, -0.2) is 9.97 Å². The molecule has 0 atom stereocenters. The van der Waals surface area contributed by atoms with Crippen molar-refractivity contribution >= 4 is 55.5 Å². The van der Waals surface area contributed by atoms with Gasteiger partial charge >= 0.3 is 0 Å². The fourth-order valence-electron chi connectivity index (χ4n) is 3.33. The van der Waals surface area contributed by atoms with E-state index in [9.17, 15) is 4.79 Å². The third kappa shape index (κ3) is 3.20. The first kappa shape index (κ1) is 17.7. The average Bonchev–Trinajstić information content (AvgIpc) is 3.29. The summed E-state index contributed by atoms with van der Waals surface area (Å²) >= 11 is 1.29. The Labute approximate surface area is 169 Å². The van der Waals surface area contributed by atoms with Gasteiger partial charge in [-0.2, -0.15) is 0 Å². The topological polar surface area (TPSA) is 94.8 Å². The van der Waals surface area contributed by atoms with Crippen LogP contribution >= 0.6 is 11.3 Å². The quantitative estimate of drug-likeness (QED) is 0.483. The monoisotopic (exact) mass is 404 g/mol. The molecule has 0 aliphatic carbocycles. The van der Waals surface area contributed by atoms with Gasteiger partial charge in [-0.1, -0.05) is 41.7 Å². The maximum Gasteiger partial charge on any atom is 0.246 e. The lowest BCUT2D eigenvalue weighted by Crippen LogP contribution is -2.18. The molecule has 0 unspecified atom stereocenters. The molecule has 0 bridgehead atoms. The van der Waals surface area contributed by atoms with Crippen molar-refractivity contribution in [2.24, 2.45) is 0 Å². The molecule has 144 valence electrons. The maximum absolute atomic E-state index is 12.7. The van der Waals surface area contributed by atoms with Crippen LogP contribution in [0.4, 0.5) is 5.13 Å². The number of ether oxygens (including phenoxy) is 1. The number of hydrogen-bond acceptors (Lipinski definition) is 7. The highest BCUT2D eigenvalue weighted by molar-refractivity contribution is 7.15. The number of carbonyl (C=O) groups is 1. The van der Waals surface area contributed by atoms with E-state index in [4.69, 9.17) is 14.7 Å². The van der Waals surface area contributed by atoms with Gasteiger partial charge in [0.1, 0.15) is 23.7 Å². The lowest BCUT2D eigenvalue weighted by atomic mass is 10.2. The van der Waals surface area contributed by atoms with Gasteiger partial charge in [-0.3, -0.25) is 10.1 Å². The number of hydrogen-bond donors (Lipinski definition) is 1. The molecule has 2 aromatic carbocycles. The molecule has 0 radical (unpaired) electrons. The minimum absolute atomic E-state index is 0.0935. The Kier molecular flexibility index (Phi) is 4.38. The molecule has 8 nitrogen and oxygen atoms in total. The van der Waals surface area contributed by atoms with E-state index in [1.54, 1.807) is 7.11 Å². The van der Waals surface area contributed by atoms with Gasteiger partial charge in [0.25, 0.3) is 0 Å². The Hall–Kier alpha value is -3.43. The smallest absolute Gasteiger partial charge is 0.246 e. The fraction of sp³-hybridized carbons (Fsp3) is 0.150. The summed E-state index contributed by atoms with van der Waals surface area (Å²) in [7, 11) is 1.59. The lowest BCUT2D eigenvalue weighted by molar-refractivity contribution is -0.116. The lowest BCUT2D eigenvalue weighted by Gasteiger charge is -2.06. The van der Waals surface area contributed by atoms with Gasteiger partial charge in [0.15, 0.2) is 5.65 Å². The third-order valence-electron chi connectivity index (χ3n) is 4.54. The molecule has 3 heterocycles. The Bertz CT molecular complexity index is 1360. The highest BCUT2D eigenvalue weighted by Crippen LogP contribution is 2.28. The van der Waals surface area contributed by atoms with Crippen molar-refractivity contribution in [2.45, 2.75) is 13.2 Å². The summed E-state index contributed by atoms with van der Waals surface area (Å²) in [6.45, 7) is 0.458. The molecule has 0 saturated heterocycles. The highest BCUT2D eigenvalue weighted by Gasteiger charge is 2.17. The molecular weight excluding hydrogens is 388 g/mol. The van der Waals surface area contributed by atoms with Gasteiger partial charge in [0.05, 0.1) is 16.6 Å². The molecular formula is C20H16N6O2S. The Morgan fingerprint density at radius 1 is 1.07 bits per heavy atom. The van der Waals surface area contributed by atoms with Crippen molar-refractivity contribution in [1.29, 1.82) is 0 Å². The summed E-state index contributed by atoms with van der Waals surface area (Å²) in [5.41, 5.74) is 3.98. The van der Waals surface area contributed by atoms with Gasteiger partial charge in [-0.05, 0) is 18.2 Å². The van der Waals surface area contributed by atoms with E-state index in [0.29, 0.717) is 22.4 Å². The Morgan fingerprint density at radius 2 is 1.83 bits per heavy atom. The van der Waals surface area contributed by atoms with Crippen LogP contribution in [0.3, 0.4) is 0 Å². The molecule has 3 aromatic heterocycles. The van der Waals surface area contributed by atoms with Gasteiger partial charge < -0.3 is 9.30 Å². The van der Waals surface area contributed by atoms with Crippen LogP contribution in [-0.2, 0) is 22.7 Å². The molecule has 0 saturated carbocycles. The molecule has 0 aliphatic heterocycles. The van der Waals surface area contributed by atoms with Crippen LogP contribution in [-0.4, -0.2) is 37.7 Å². The number of anilines is 1. The normalized spacial score (nSPS) is 11.5. The zero-order valence-corrected chi connectivity index (χ0v) is 16.3. The number of nitrogens with zero attached hydrogens (tertiary/aromatic N) is 5. The number of carbonyl (C=O) groups excluding carboxylic acids is 1. The molecule has 1 amide bonds. The van der Waals surface area contributed by atoms with Crippen molar-refractivity contribution < 1.29 is 9.53 Å². The first-order valence-electron chi connectivity index (χ1n) is 8.98. The van der Waals surface area contributed by atoms with Crippen LogP contribution in [0, 0.1) is 0 Å². The predicted octanol–water partition coefficient (Wildman–Crippen LogP) is 3.37. The van der Waals surface area contributed by atoms with Crippen molar-refractivity contribution in [2.75, 3.05) is 12.4 Å².